The van der Waals surface area contributed by atoms with Crippen LogP contribution in [0.25, 0.3) is 0 Å². The molecule has 4 rings (SSSR count). The van der Waals surface area contributed by atoms with E-state index in [0.29, 0.717) is 18.8 Å². The monoisotopic (exact) mass is 310 g/mol. The van der Waals surface area contributed by atoms with Gasteiger partial charge in [0.2, 0.25) is 0 Å². The molecule has 1 aromatic rings. The van der Waals surface area contributed by atoms with Gasteiger partial charge in [-0.25, -0.2) is 0 Å². The van der Waals surface area contributed by atoms with Crippen molar-refractivity contribution in [2.45, 2.75) is 24.7 Å². The molecule has 2 aliphatic heterocycles. The van der Waals surface area contributed by atoms with Gasteiger partial charge in [0.15, 0.2) is 0 Å². The second-order valence-corrected chi connectivity index (χ2v) is 6.07. The average Bonchev–Trinajstić information content (AvgIpc) is 2.60. The van der Waals surface area contributed by atoms with Crippen LogP contribution in [-0.4, -0.2) is 30.5 Å². The topological polar surface area (TPSA) is 74.5 Å². The van der Waals surface area contributed by atoms with Gasteiger partial charge in [0.1, 0.15) is 24.0 Å². The molecular formula is C18H18N2O3. The summed E-state index contributed by atoms with van der Waals surface area (Å²) in [5.74, 6) is 0.366. The van der Waals surface area contributed by atoms with Crippen molar-refractivity contribution in [3.63, 3.8) is 0 Å². The van der Waals surface area contributed by atoms with Crippen molar-refractivity contribution in [1.29, 1.82) is 5.26 Å². The highest BCUT2D eigenvalue weighted by Gasteiger charge is 2.43. The van der Waals surface area contributed by atoms with Crippen molar-refractivity contribution in [3.8, 4) is 6.07 Å². The molecule has 0 amide bonds. The third-order valence-corrected chi connectivity index (χ3v) is 4.72. The minimum absolute atomic E-state index is 0.0469. The second kappa shape index (κ2) is 5.73. The average molecular weight is 310 g/mol. The van der Waals surface area contributed by atoms with Crippen LogP contribution in [0.5, 0.6) is 0 Å². The van der Waals surface area contributed by atoms with Gasteiger partial charge >= 0.3 is 0 Å². The predicted molar refractivity (Wildman–Crippen MR) is 85.0 cm³/mol. The molecule has 1 fully saturated rings. The Labute approximate surface area is 134 Å². The summed E-state index contributed by atoms with van der Waals surface area (Å²) in [6, 6.07) is 7.87. The number of para-hydroxylation sites is 1. The van der Waals surface area contributed by atoms with Gasteiger partial charge in [0.05, 0.1) is 30.5 Å². The van der Waals surface area contributed by atoms with Crippen molar-refractivity contribution in [2.24, 2.45) is 5.92 Å². The van der Waals surface area contributed by atoms with Gasteiger partial charge in [-0.15, -0.1) is 0 Å². The number of nitrogens with zero attached hydrogens (tertiary/aromatic N) is 1. The van der Waals surface area contributed by atoms with E-state index >= 15 is 0 Å². The molecule has 0 aromatic heterocycles. The molecule has 0 bridgehead atoms. The van der Waals surface area contributed by atoms with Crippen LogP contribution < -0.4 is 5.32 Å². The van der Waals surface area contributed by atoms with Gasteiger partial charge in [-0.3, -0.25) is 0 Å². The first-order valence-corrected chi connectivity index (χ1v) is 7.88. The first kappa shape index (κ1) is 14.3. The number of aliphatic hydroxyl groups is 1. The summed E-state index contributed by atoms with van der Waals surface area (Å²) in [6.07, 6.45) is 6.03. The number of rotatable bonds is 1. The number of hydrogen-bond acceptors (Lipinski definition) is 5. The second-order valence-electron chi connectivity index (χ2n) is 6.07. The predicted octanol–water partition coefficient (Wildman–Crippen LogP) is 2.83. The van der Waals surface area contributed by atoms with Crippen LogP contribution in [0.3, 0.4) is 0 Å². The van der Waals surface area contributed by atoms with Gasteiger partial charge in [-0.05, 0) is 24.6 Å². The summed E-state index contributed by atoms with van der Waals surface area (Å²) >= 11 is 0. The molecule has 1 aromatic carbocycles. The quantitative estimate of drug-likeness (QED) is 0.834. The number of ether oxygens (including phenoxy) is 2. The number of nitriles is 1. The van der Waals surface area contributed by atoms with Crippen LogP contribution in [-0.2, 0) is 9.47 Å². The van der Waals surface area contributed by atoms with E-state index in [1.165, 1.54) is 0 Å². The molecule has 2 heterocycles. The molecule has 1 unspecified atom stereocenters. The first-order chi connectivity index (χ1) is 11.3. The normalized spacial score (nSPS) is 32.0. The molecule has 5 nitrogen and oxygen atoms in total. The summed E-state index contributed by atoms with van der Waals surface area (Å²) in [5.41, 5.74) is 2.42. The lowest BCUT2D eigenvalue weighted by atomic mass is 9.81. The zero-order valence-corrected chi connectivity index (χ0v) is 12.6. The molecule has 3 aliphatic rings. The zero-order valence-electron chi connectivity index (χ0n) is 12.6. The number of hydrogen-bond donors (Lipinski definition) is 2. The fourth-order valence-electron chi connectivity index (χ4n) is 3.70. The van der Waals surface area contributed by atoms with E-state index in [1.54, 1.807) is 12.1 Å². The van der Waals surface area contributed by atoms with Crippen molar-refractivity contribution in [1.82, 2.24) is 0 Å². The number of allylic oxidation sites excluding steroid dienone is 2. The van der Waals surface area contributed by atoms with Gasteiger partial charge in [-0.1, -0.05) is 18.2 Å². The molecule has 0 spiro atoms. The largest absolute Gasteiger partial charge is 0.508 e. The van der Waals surface area contributed by atoms with E-state index in [2.05, 4.69) is 11.4 Å². The number of aliphatic hydroxyl groups excluding tert-OH is 1. The Kier molecular flexibility index (Phi) is 3.56. The van der Waals surface area contributed by atoms with E-state index < -0.39 is 0 Å². The van der Waals surface area contributed by atoms with Gasteiger partial charge in [0.25, 0.3) is 0 Å². The van der Waals surface area contributed by atoms with Crippen molar-refractivity contribution in [2.75, 3.05) is 18.5 Å². The highest BCUT2D eigenvalue weighted by Crippen LogP contribution is 2.43. The molecule has 1 saturated heterocycles. The van der Waals surface area contributed by atoms with Crippen LogP contribution in [0.2, 0.25) is 0 Å². The summed E-state index contributed by atoms with van der Waals surface area (Å²) in [4.78, 5) is 0. The van der Waals surface area contributed by atoms with E-state index in [0.717, 1.165) is 17.7 Å². The molecule has 0 saturated carbocycles. The highest BCUT2D eigenvalue weighted by atomic mass is 16.6. The van der Waals surface area contributed by atoms with E-state index in [9.17, 15) is 10.4 Å². The fourth-order valence-corrected chi connectivity index (χ4v) is 3.70. The number of benzene rings is 1. The third-order valence-electron chi connectivity index (χ3n) is 4.72. The molecule has 1 aliphatic carbocycles. The SMILES string of the molecule is N#Cc1cccc2c1N[C@@H](C1C=C(O)C=CC1)[C@@H]1OCCO[C@H]21. The zero-order chi connectivity index (χ0) is 15.8. The van der Waals surface area contributed by atoms with Gasteiger partial charge < -0.3 is 19.9 Å². The molecule has 4 atom stereocenters. The number of nitrogens with one attached hydrogen (secondary N) is 1. The number of fused-ring (bicyclic) bond motifs is 3. The first-order valence-electron chi connectivity index (χ1n) is 7.88. The van der Waals surface area contributed by atoms with E-state index in [-0.39, 0.29) is 29.9 Å². The Bertz CT molecular complexity index is 719. The van der Waals surface area contributed by atoms with Gasteiger partial charge in [-0.2, -0.15) is 5.26 Å². The maximum Gasteiger partial charge on any atom is 0.113 e. The van der Waals surface area contributed by atoms with Crippen LogP contribution in [0.15, 0.2) is 42.2 Å². The lowest BCUT2D eigenvalue weighted by Crippen LogP contribution is -2.51. The fraction of sp³-hybridized carbons (Fsp3) is 0.389. The Balaban J connectivity index is 1.76. The molecular weight excluding hydrogens is 292 g/mol. The lowest BCUT2D eigenvalue weighted by Gasteiger charge is -2.45. The number of anilines is 1. The molecule has 23 heavy (non-hydrogen) atoms. The maximum atomic E-state index is 9.82. The summed E-state index contributed by atoms with van der Waals surface area (Å²) < 4.78 is 12.0. The van der Waals surface area contributed by atoms with Crippen LogP contribution in [0, 0.1) is 17.2 Å². The molecule has 2 N–H and O–H groups in total. The van der Waals surface area contributed by atoms with Crippen molar-refractivity contribution >= 4 is 5.69 Å². The standard InChI is InChI=1S/C18H18N2O3/c19-10-12-4-2-6-14-15(12)20-16(11-3-1-5-13(21)9-11)18-17(14)22-7-8-23-18/h1-2,4-6,9,11,16-18,20-21H,3,7-8H2/t11?,16-,17+,18-/m0/s1. The Morgan fingerprint density at radius 2 is 2.13 bits per heavy atom. The maximum absolute atomic E-state index is 9.82. The third kappa shape index (κ3) is 2.40. The van der Waals surface area contributed by atoms with E-state index in [4.69, 9.17) is 9.47 Å². The van der Waals surface area contributed by atoms with Gasteiger partial charge in [0, 0.05) is 11.5 Å². The molecule has 118 valence electrons. The van der Waals surface area contributed by atoms with Crippen LogP contribution in [0.1, 0.15) is 23.7 Å². The summed E-state index contributed by atoms with van der Waals surface area (Å²) in [7, 11) is 0. The Hall–Kier alpha value is -2.29. The Morgan fingerprint density at radius 3 is 2.96 bits per heavy atom. The summed E-state index contributed by atoms with van der Waals surface area (Å²) in [5, 5.41) is 22.7. The molecule has 5 heteroatoms. The smallest absolute Gasteiger partial charge is 0.113 e. The summed E-state index contributed by atoms with van der Waals surface area (Å²) in [6.45, 7) is 1.11. The minimum atomic E-state index is -0.181. The lowest BCUT2D eigenvalue weighted by molar-refractivity contribution is -0.153. The van der Waals surface area contributed by atoms with Crippen molar-refractivity contribution < 1.29 is 14.6 Å². The van der Waals surface area contributed by atoms with Crippen LogP contribution >= 0.6 is 0 Å². The molecule has 0 radical (unpaired) electrons. The van der Waals surface area contributed by atoms with Crippen molar-refractivity contribution in [3.05, 3.63) is 53.3 Å². The van der Waals surface area contributed by atoms with Crippen LogP contribution in [0.4, 0.5) is 5.69 Å². The highest BCUT2D eigenvalue weighted by molar-refractivity contribution is 5.66. The minimum Gasteiger partial charge on any atom is -0.508 e. The van der Waals surface area contributed by atoms with E-state index in [1.807, 2.05) is 24.3 Å². The Morgan fingerprint density at radius 1 is 1.26 bits per heavy atom.